The molecule has 0 aliphatic heterocycles. The zero-order valence-electron chi connectivity index (χ0n) is 8.99. The summed E-state index contributed by atoms with van der Waals surface area (Å²) in [7, 11) is 0. The first-order valence-corrected chi connectivity index (χ1v) is 4.88. The average Bonchev–Trinajstić information content (AvgIpc) is 2.14. The summed E-state index contributed by atoms with van der Waals surface area (Å²) >= 11 is 0. The zero-order valence-corrected chi connectivity index (χ0v) is 8.99. The highest BCUT2D eigenvalue weighted by Crippen LogP contribution is 2.03. The Morgan fingerprint density at radius 1 is 1.50 bits per heavy atom. The van der Waals surface area contributed by atoms with Gasteiger partial charge in [-0.25, -0.2) is 9.97 Å². The fraction of sp³-hybridized carbons (Fsp3) is 0.600. The Morgan fingerprint density at radius 3 is 2.79 bits per heavy atom. The number of rotatable bonds is 4. The fourth-order valence-corrected chi connectivity index (χ4v) is 1.01. The molecule has 4 nitrogen and oxygen atoms in total. The largest absolute Gasteiger partial charge is 0.368 e. The number of hydrogen-bond donors (Lipinski definition) is 2. The van der Waals surface area contributed by atoms with Crippen LogP contribution in [-0.4, -0.2) is 22.6 Å². The van der Waals surface area contributed by atoms with Crippen LogP contribution in [0.2, 0.25) is 0 Å². The van der Waals surface area contributed by atoms with Crippen molar-refractivity contribution in [2.75, 3.05) is 11.9 Å². The van der Waals surface area contributed by atoms with Crippen molar-refractivity contribution in [3.8, 4) is 0 Å². The predicted molar refractivity (Wildman–Crippen MR) is 58.1 cm³/mol. The first-order valence-electron chi connectivity index (χ1n) is 4.88. The Kier molecular flexibility index (Phi) is 3.83. The predicted octanol–water partition coefficient (Wildman–Crippen LogP) is 1.18. The molecule has 1 aromatic rings. The number of aromatic nitrogens is 2. The van der Waals surface area contributed by atoms with E-state index in [1.807, 2.05) is 13.0 Å². The molecule has 0 aliphatic rings. The van der Waals surface area contributed by atoms with Crippen LogP contribution in [0.15, 0.2) is 12.3 Å². The SMILES string of the molecule is Cc1nccc(NCC(N)C(C)C)n1. The third-order valence-electron chi connectivity index (χ3n) is 2.15. The van der Waals surface area contributed by atoms with E-state index in [9.17, 15) is 0 Å². The molecule has 14 heavy (non-hydrogen) atoms. The van der Waals surface area contributed by atoms with Crippen LogP contribution in [0, 0.1) is 12.8 Å². The summed E-state index contributed by atoms with van der Waals surface area (Å²) in [4.78, 5) is 8.25. The highest BCUT2D eigenvalue weighted by molar-refractivity contribution is 5.32. The van der Waals surface area contributed by atoms with E-state index in [1.54, 1.807) is 6.20 Å². The molecule has 0 bridgehead atoms. The summed E-state index contributed by atoms with van der Waals surface area (Å²) < 4.78 is 0. The van der Waals surface area contributed by atoms with E-state index in [-0.39, 0.29) is 6.04 Å². The van der Waals surface area contributed by atoms with E-state index in [1.165, 1.54) is 0 Å². The second kappa shape index (κ2) is 4.91. The molecule has 0 spiro atoms. The van der Waals surface area contributed by atoms with Crippen molar-refractivity contribution in [3.05, 3.63) is 18.1 Å². The average molecular weight is 194 g/mol. The van der Waals surface area contributed by atoms with Gasteiger partial charge in [0.2, 0.25) is 0 Å². The molecule has 1 unspecified atom stereocenters. The zero-order chi connectivity index (χ0) is 10.6. The van der Waals surface area contributed by atoms with E-state index in [0.29, 0.717) is 5.92 Å². The van der Waals surface area contributed by atoms with Gasteiger partial charge in [0.05, 0.1) is 0 Å². The van der Waals surface area contributed by atoms with Gasteiger partial charge in [0.15, 0.2) is 0 Å². The first kappa shape index (κ1) is 10.9. The summed E-state index contributed by atoms with van der Waals surface area (Å²) in [6, 6.07) is 2.00. The van der Waals surface area contributed by atoms with Gasteiger partial charge < -0.3 is 11.1 Å². The van der Waals surface area contributed by atoms with E-state index in [2.05, 4.69) is 29.1 Å². The summed E-state index contributed by atoms with van der Waals surface area (Å²) in [5.74, 6) is 2.09. The molecule has 0 amide bonds. The number of nitrogens with one attached hydrogen (secondary N) is 1. The van der Waals surface area contributed by atoms with Crippen LogP contribution >= 0.6 is 0 Å². The van der Waals surface area contributed by atoms with Crippen molar-refractivity contribution in [3.63, 3.8) is 0 Å². The molecule has 78 valence electrons. The Labute approximate surface area is 85.0 Å². The molecular weight excluding hydrogens is 176 g/mol. The standard InChI is InChI=1S/C10H18N4/c1-7(2)9(11)6-13-10-4-5-12-8(3)14-10/h4-5,7,9H,6,11H2,1-3H3,(H,12,13,14). The van der Waals surface area contributed by atoms with Crippen LogP contribution in [0.5, 0.6) is 0 Å². The molecular formula is C10H18N4. The molecule has 1 heterocycles. The van der Waals surface area contributed by atoms with E-state index in [4.69, 9.17) is 5.73 Å². The summed E-state index contributed by atoms with van der Waals surface area (Å²) in [6.45, 7) is 6.83. The van der Waals surface area contributed by atoms with Gasteiger partial charge in [0, 0.05) is 18.8 Å². The normalized spacial score (nSPS) is 12.9. The van der Waals surface area contributed by atoms with Crippen LogP contribution in [0.3, 0.4) is 0 Å². The number of nitrogens with zero attached hydrogens (tertiary/aromatic N) is 2. The third-order valence-corrected chi connectivity index (χ3v) is 2.15. The molecule has 3 N–H and O–H groups in total. The van der Waals surface area contributed by atoms with E-state index in [0.717, 1.165) is 18.2 Å². The minimum Gasteiger partial charge on any atom is -0.368 e. The van der Waals surface area contributed by atoms with Crippen LogP contribution in [-0.2, 0) is 0 Å². The van der Waals surface area contributed by atoms with E-state index < -0.39 is 0 Å². The first-order chi connectivity index (χ1) is 6.59. The van der Waals surface area contributed by atoms with Crippen molar-refractivity contribution >= 4 is 5.82 Å². The molecule has 0 saturated heterocycles. The van der Waals surface area contributed by atoms with Crippen molar-refractivity contribution in [2.45, 2.75) is 26.8 Å². The summed E-state index contributed by atoms with van der Waals surface area (Å²) in [6.07, 6.45) is 1.74. The van der Waals surface area contributed by atoms with Gasteiger partial charge >= 0.3 is 0 Å². The molecule has 1 aromatic heterocycles. The van der Waals surface area contributed by atoms with Gasteiger partial charge in [-0.15, -0.1) is 0 Å². The summed E-state index contributed by atoms with van der Waals surface area (Å²) in [5, 5.41) is 3.19. The smallest absolute Gasteiger partial charge is 0.129 e. The van der Waals surface area contributed by atoms with Crippen molar-refractivity contribution in [1.82, 2.24) is 9.97 Å². The Bertz CT molecular complexity index is 285. The Hall–Kier alpha value is -1.16. The molecule has 4 heteroatoms. The van der Waals surface area contributed by atoms with Gasteiger partial charge in [0.1, 0.15) is 11.6 Å². The Morgan fingerprint density at radius 2 is 2.21 bits per heavy atom. The highest BCUT2D eigenvalue weighted by Gasteiger charge is 2.06. The molecule has 1 atom stereocenters. The lowest BCUT2D eigenvalue weighted by Crippen LogP contribution is -2.34. The number of nitrogens with two attached hydrogens (primary N) is 1. The topological polar surface area (TPSA) is 63.8 Å². The van der Waals surface area contributed by atoms with Gasteiger partial charge in [-0.2, -0.15) is 0 Å². The maximum absolute atomic E-state index is 5.90. The number of hydrogen-bond acceptors (Lipinski definition) is 4. The molecule has 1 rings (SSSR count). The number of anilines is 1. The van der Waals surface area contributed by atoms with Crippen LogP contribution in [0.1, 0.15) is 19.7 Å². The minimum atomic E-state index is 0.158. The highest BCUT2D eigenvalue weighted by atomic mass is 15.0. The van der Waals surface area contributed by atoms with Crippen molar-refractivity contribution in [1.29, 1.82) is 0 Å². The van der Waals surface area contributed by atoms with Crippen LogP contribution in [0.25, 0.3) is 0 Å². The Balaban J connectivity index is 2.45. The lowest BCUT2D eigenvalue weighted by Gasteiger charge is -2.16. The molecule has 0 saturated carbocycles. The van der Waals surface area contributed by atoms with Crippen LogP contribution in [0.4, 0.5) is 5.82 Å². The lowest BCUT2D eigenvalue weighted by atomic mass is 10.1. The minimum absolute atomic E-state index is 0.158. The van der Waals surface area contributed by atoms with Gasteiger partial charge in [-0.05, 0) is 18.9 Å². The van der Waals surface area contributed by atoms with Gasteiger partial charge in [-0.1, -0.05) is 13.8 Å². The quantitative estimate of drug-likeness (QED) is 0.755. The summed E-state index contributed by atoms with van der Waals surface area (Å²) in [5.41, 5.74) is 5.90. The van der Waals surface area contributed by atoms with E-state index >= 15 is 0 Å². The van der Waals surface area contributed by atoms with Crippen molar-refractivity contribution in [2.24, 2.45) is 11.7 Å². The van der Waals surface area contributed by atoms with Gasteiger partial charge in [-0.3, -0.25) is 0 Å². The second-order valence-corrected chi connectivity index (χ2v) is 3.78. The van der Waals surface area contributed by atoms with Crippen molar-refractivity contribution < 1.29 is 0 Å². The second-order valence-electron chi connectivity index (χ2n) is 3.78. The lowest BCUT2D eigenvalue weighted by molar-refractivity contribution is 0.511. The molecule has 0 aromatic carbocycles. The molecule has 0 aliphatic carbocycles. The number of aryl methyl sites for hydroxylation is 1. The third kappa shape index (κ3) is 3.30. The maximum Gasteiger partial charge on any atom is 0.129 e. The fourth-order valence-electron chi connectivity index (χ4n) is 1.01. The molecule has 0 radical (unpaired) electrons. The molecule has 0 fully saturated rings. The monoisotopic (exact) mass is 194 g/mol. The van der Waals surface area contributed by atoms with Crippen LogP contribution < -0.4 is 11.1 Å². The van der Waals surface area contributed by atoms with Gasteiger partial charge in [0.25, 0.3) is 0 Å². The maximum atomic E-state index is 5.90.